The number of benzene rings is 1. The summed E-state index contributed by atoms with van der Waals surface area (Å²) in [4.78, 5) is 0. The number of rotatable bonds is 2. The van der Waals surface area contributed by atoms with Crippen LogP contribution in [0.25, 0.3) is 0 Å². The molecule has 1 aliphatic heterocycles. The molecule has 2 atom stereocenters. The molecule has 0 radical (unpaired) electrons. The van der Waals surface area contributed by atoms with Gasteiger partial charge in [-0.05, 0) is 19.8 Å². The van der Waals surface area contributed by atoms with Gasteiger partial charge in [0.15, 0.2) is 11.6 Å². The van der Waals surface area contributed by atoms with Crippen molar-refractivity contribution >= 4 is 5.69 Å². The highest BCUT2D eigenvalue weighted by Gasteiger charge is 2.20. The lowest BCUT2D eigenvalue weighted by Crippen LogP contribution is -2.32. The topological polar surface area (TPSA) is 21.3 Å². The molecule has 0 aromatic heterocycles. The molecule has 1 N–H and O–H groups in total. The van der Waals surface area contributed by atoms with Gasteiger partial charge in [0.2, 0.25) is 0 Å². The maximum Gasteiger partial charge on any atom is 0.161 e. The van der Waals surface area contributed by atoms with Crippen molar-refractivity contribution < 1.29 is 17.9 Å². The van der Waals surface area contributed by atoms with Gasteiger partial charge in [-0.1, -0.05) is 0 Å². The van der Waals surface area contributed by atoms with Gasteiger partial charge in [-0.15, -0.1) is 0 Å². The van der Waals surface area contributed by atoms with E-state index in [1.165, 1.54) is 0 Å². The Morgan fingerprint density at radius 3 is 2.59 bits per heavy atom. The predicted molar refractivity (Wildman–Crippen MR) is 58.4 cm³/mol. The fourth-order valence-corrected chi connectivity index (χ4v) is 1.98. The molecule has 94 valence electrons. The first kappa shape index (κ1) is 12.2. The summed E-state index contributed by atoms with van der Waals surface area (Å²) in [5.41, 5.74) is 0.00278. The Balaban J connectivity index is 2.10. The summed E-state index contributed by atoms with van der Waals surface area (Å²) >= 11 is 0. The van der Waals surface area contributed by atoms with Crippen molar-refractivity contribution in [1.82, 2.24) is 0 Å². The largest absolute Gasteiger partial charge is 0.380 e. The monoisotopic (exact) mass is 245 g/mol. The third kappa shape index (κ3) is 2.91. The second kappa shape index (κ2) is 4.96. The van der Waals surface area contributed by atoms with Gasteiger partial charge in [0.25, 0.3) is 0 Å². The minimum atomic E-state index is -1.17. The molecule has 5 heteroatoms. The van der Waals surface area contributed by atoms with Crippen LogP contribution in [0.15, 0.2) is 12.1 Å². The van der Waals surface area contributed by atoms with E-state index in [4.69, 9.17) is 4.74 Å². The lowest BCUT2D eigenvalue weighted by Gasteiger charge is -2.28. The molecule has 0 amide bonds. The van der Waals surface area contributed by atoms with E-state index in [2.05, 4.69) is 5.32 Å². The van der Waals surface area contributed by atoms with Crippen LogP contribution in [-0.2, 0) is 4.74 Å². The second-order valence-corrected chi connectivity index (χ2v) is 4.29. The zero-order chi connectivity index (χ0) is 12.4. The summed E-state index contributed by atoms with van der Waals surface area (Å²) in [5.74, 6) is -2.99. The van der Waals surface area contributed by atoms with Crippen LogP contribution in [0.3, 0.4) is 0 Å². The molecule has 0 aliphatic carbocycles. The van der Waals surface area contributed by atoms with Gasteiger partial charge >= 0.3 is 0 Å². The third-order valence-corrected chi connectivity index (χ3v) is 2.85. The van der Waals surface area contributed by atoms with E-state index in [9.17, 15) is 13.2 Å². The Morgan fingerprint density at radius 1 is 1.18 bits per heavy atom. The van der Waals surface area contributed by atoms with Crippen molar-refractivity contribution in [2.24, 2.45) is 0 Å². The normalized spacial score (nSPS) is 24.7. The first-order chi connectivity index (χ1) is 8.06. The maximum atomic E-state index is 13.4. The van der Waals surface area contributed by atoms with Gasteiger partial charge in [0.1, 0.15) is 5.82 Å². The van der Waals surface area contributed by atoms with Crippen LogP contribution in [0.2, 0.25) is 0 Å². The number of halogens is 3. The van der Waals surface area contributed by atoms with Crippen molar-refractivity contribution in [3.8, 4) is 0 Å². The van der Waals surface area contributed by atoms with Gasteiger partial charge in [0, 0.05) is 24.8 Å². The molecule has 1 aliphatic rings. The highest BCUT2D eigenvalue weighted by Crippen LogP contribution is 2.23. The van der Waals surface area contributed by atoms with Crippen LogP contribution in [0.1, 0.15) is 19.8 Å². The lowest BCUT2D eigenvalue weighted by molar-refractivity contribution is 0.0232. The van der Waals surface area contributed by atoms with Gasteiger partial charge in [-0.2, -0.15) is 0 Å². The van der Waals surface area contributed by atoms with Crippen molar-refractivity contribution in [2.45, 2.75) is 31.9 Å². The highest BCUT2D eigenvalue weighted by molar-refractivity contribution is 5.46. The van der Waals surface area contributed by atoms with Crippen LogP contribution >= 0.6 is 0 Å². The molecule has 1 saturated heterocycles. The Morgan fingerprint density at radius 2 is 1.88 bits per heavy atom. The minimum Gasteiger partial charge on any atom is -0.380 e. The summed E-state index contributed by atoms with van der Waals surface area (Å²) in [5, 5.41) is 2.89. The molecule has 1 aromatic carbocycles. The molecule has 2 rings (SSSR count). The smallest absolute Gasteiger partial charge is 0.161 e. The summed E-state index contributed by atoms with van der Waals surface area (Å²) in [6.07, 6.45) is 1.54. The first-order valence-electron chi connectivity index (χ1n) is 5.59. The van der Waals surface area contributed by atoms with Crippen LogP contribution in [-0.4, -0.2) is 18.8 Å². The summed E-state index contributed by atoms with van der Waals surface area (Å²) in [6.45, 7) is 2.51. The van der Waals surface area contributed by atoms with E-state index in [1.54, 1.807) is 0 Å². The molecule has 1 heterocycles. The average molecular weight is 245 g/mol. The molecule has 1 aromatic rings. The Labute approximate surface area is 97.8 Å². The van der Waals surface area contributed by atoms with Crippen LogP contribution in [0.5, 0.6) is 0 Å². The van der Waals surface area contributed by atoms with E-state index in [1.807, 2.05) is 6.92 Å². The van der Waals surface area contributed by atoms with E-state index in [-0.39, 0.29) is 17.8 Å². The molecular formula is C12H14F3NO. The van der Waals surface area contributed by atoms with E-state index >= 15 is 0 Å². The van der Waals surface area contributed by atoms with Crippen molar-refractivity contribution in [2.75, 3.05) is 11.9 Å². The number of ether oxygens (including phenoxy) is 1. The lowest BCUT2D eigenvalue weighted by atomic mass is 10.0. The zero-order valence-corrected chi connectivity index (χ0v) is 9.47. The van der Waals surface area contributed by atoms with Crippen molar-refractivity contribution in [3.63, 3.8) is 0 Å². The van der Waals surface area contributed by atoms with E-state index in [0.29, 0.717) is 12.7 Å². The van der Waals surface area contributed by atoms with Gasteiger partial charge < -0.3 is 10.1 Å². The van der Waals surface area contributed by atoms with Crippen LogP contribution in [0, 0.1) is 17.5 Å². The number of anilines is 1. The number of hydrogen-bond donors (Lipinski definition) is 1. The third-order valence-electron chi connectivity index (χ3n) is 2.85. The van der Waals surface area contributed by atoms with Crippen LogP contribution in [0.4, 0.5) is 18.9 Å². The van der Waals surface area contributed by atoms with E-state index < -0.39 is 17.5 Å². The quantitative estimate of drug-likeness (QED) is 0.808. The Hall–Kier alpha value is -1.23. The molecule has 2 nitrogen and oxygen atoms in total. The summed E-state index contributed by atoms with van der Waals surface area (Å²) in [6, 6.07) is 1.43. The molecule has 0 saturated carbocycles. The molecule has 17 heavy (non-hydrogen) atoms. The minimum absolute atomic E-state index is 0.00278. The zero-order valence-electron chi connectivity index (χ0n) is 9.47. The summed E-state index contributed by atoms with van der Waals surface area (Å²) in [7, 11) is 0. The van der Waals surface area contributed by atoms with Gasteiger partial charge in [-0.25, -0.2) is 13.2 Å². The maximum absolute atomic E-state index is 13.4. The fraction of sp³-hybridized carbons (Fsp3) is 0.500. The SMILES string of the molecule is CC1CC(Nc2cc(F)c(F)cc2F)CCO1. The predicted octanol–water partition coefficient (Wildman–Crippen LogP) is 3.08. The Kier molecular flexibility index (Phi) is 3.57. The number of hydrogen-bond acceptors (Lipinski definition) is 2. The number of nitrogens with one attached hydrogen (secondary N) is 1. The van der Waals surface area contributed by atoms with Crippen molar-refractivity contribution in [3.05, 3.63) is 29.6 Å². The van der Waals surface area contributed by atoms with Crippen LogP contribution < -0.4 is 5.32 Å². The standard InChI is InChI=1S/C12H14F3NO/c1-7-4-8(2-3-17-7)16-12-6-10(14)9(13)5-11(12)15/h5-8,16H,2-4H2,1H3. The molecule has 0 bridgehead atoms. The molecule has 0 spiro atoms. The molecule has 2 unspecified atom stereocenters. The van der Waals surface area contributed by atoms with Crippen molar-refractivity contribution in [1.29, 1.82) is 0 Å². The highest BCUT2D eigenvalue weighted by atomic mass is 19.2. The van der Waals surface area contributed by atoms with Gasteiger partial charge in [0.05, 0.1) is 11.8 Å². The fourth-order valence-electron chi connectivity index (χ4n) is 1.98. The average Bonchev–Trinajstić information content (AvgIpc) is 2.26. The van der Waals surface area contributed by atoms with Gasteiger partial charge in [-0.3, -0.25) is 0 Å². The molecule has 1 fully saturated rings. The Bertz CT molecular complexity index is 411. The molecular weight excluding hydrogens is 231 g/mol. The van der Waals surface area contributed by atoms with E-state index in [0.717, 1.165) is 18.9 Å². The first-order valence-corrected chi connectivity index (χ1v) is 5.59. The second-order valence-electron chi connectivity index (χ2n) is 4.29. The summed E-state index contributed by atoms with van der Waals surface area (Å²) < 4.78 is 44.5.